The molecule has 0 aliphatic heterocycles. The Morgan fingerprint density at radius 1 is 1.54 bits per heavy atom. The summed E-state index contributed by atoms with van der Waals surface area (Å²) in [6.45, 7) is 3.48. The van der Waals surface area contributed by atoms with E-state index in [0.29, 0.717) is 5.56 Å². The van der Waals surface area contributed by atoms with E-state index >= 15 is 0 Å². The molecule has 0 bridgehead atoms. The van der Waals surface area contributed by atoms with Gasteiger partial charge in [0, 0.05) is 5.56 Å². The van der Waals surface area contributed by atoms with Gasteiger partial charge in [-0.15, -0.1) is 6.58 Å². The van der Waals surface area contributed by atoms with Crippen molar-refractivity contribution in [3.8, 4) is 5.75 Å². The fourth-order valence-electron chi connectivity index (χ4n) is 1.10. The summed E-state index contributed by atoms with van der Waals surface area (Å²) in [5.41, 5.74) is 6.97. The van der Waals surface area contributed by atoms with Crippen molar-refractivity contribution in [2.75, 3.05) is 0 Å². The topological polar surface area (TPSA) is 66.5 Å². The van der Waals surface area contributed by atoms with Gasteiger partial charge in [-0.05, 0) is 17.7 Å². The number of rotatable bonds is 3. The van der Waals surface area contributed by atoms with Gasteiger partial charge in [0.1, 0.15) is 5.75 Å². The molecule has 0 aliphatic rings. The summed E-state index contributed by atoms with van der Waals surface area (Å²) in [6.07, 6.45) is 1.54. The largest absolute Gasteiger partial charge is 0.508 e. The normalized spacial score (nSPS) is 12.5. The van der Waals surface area contributed by atoms with Crippen molar-refractivity contribution in [3.05, 3.63) is 42.0 Å². The van der Waals surface area contributed by atoms with Crippen molar-refractivity contribution in [2.45, 2.75) is 12.6 Å². The Morgan fingerprint density at radius 3 is 2.77 bits per heavy atom. The van der Waals surface area contributed by atoms with Crippen molar-refractivity contribution in [3.63, 3.8) is 0 Å². The molecule has 0 unspecified atom stereocenters. The van der Waals surface area contributed by atoms with E-state index in [0.717, 1.165) is 5.56 Å². The zero-order valence-electron chi connectivity index (χ0n) is 7.27. The summed E-state index contributed by atoms with van der Waals surface area (Å²) in [5, 5.41) is 18.3. The number of phenolic OH excluding ortho intramolecular Hbond substituents is 1. The van der Waals surface area contributed by atoms with Crippen LogP contribution in [0.15, 0.2) is 30.9 Å². The Kier molecular flexibility index (Phi) is 3.06. The van der Waals surface area contributed by atoms with Gasteiger partial charge in [-0.1, -0.05) is 12.1 Å². The van der Waals surface area contributed by atoms with E-state index in [1.807, 2.05) is 0 Å². The Balaban J connectivity index is 3.10. The molecule has 1 aromatic rings. The smallest absolute Gasteiger partial charge is 0.120 e. The highest BCUT2D eigenvalue weighted by molar-refractivity contribution is 5.39. The number of phenols is 1. The minimum atomic E-state index is -0.397. The third-order valence-corrected chi connectivity index (χ3v) is 1.89. The molecule has 0 saturated carbocycles. The van der Waals surface area contributed by atoms with Crippen molar-refractivity contribution in [2.24, 2.45) is 5.73 Å². The van der Waals surface area contributed by atoms with Crippen LogP contribution < -0.4 is 5.73 Å². The average Bonchev–Trinajstić information content (AvgIpc) is 2.17. The van der Waals surface area contributed by atoms with Gasteiger partial charge in [-0.25, -0.2) is 0 Å². The predicted molar refractivity (Wildman–Crippen MR) is 51.2 cm³/mol. The predicted octanol–water partition coefficient (Wildman–Crippen LogP) is 1.07. The lowest BCUT2D eigenvalue weighted by molar-refractivity contribution is 0.281. The monoisotopic (exact) mass is 179 g/mol. The minimum Gasteiger partial charge on any atom is -0.508 e. The van der Waals surface area contributed by atoms with Gasteiger partial charge in [0.15, 0.2) is 0 Å². The highest BCUT2D eigenvalue weighted by Gasteiger charge is 2.07. The fourth-order valence-corrected chi connectivity index (χ4v) is 1.10. The first-order valence-electron chi connectivity index (χ1n) is 4.00. The van der Waals surface area contributed by atoms with Crippen LogP contribution in [-0.4, -0.2) is 10.2 Å². The van der Waals surface area contributed by atoms with Gasteiger partial charge in [-0.2, -0.15) is 0 Å². The molecule has 0 aromatic heterocycles. The molecule has 1 atom stereocenters. The number of aromatic hydroxyl groups is 1. The van der Waals surface area contributed by atoms with E-state index in [-0.39, 0.29) is 12.4 Å². The maximum atomic E-state index is 9.42. The molecule has 3 nitrogen and oxygen atoms in total. The molecule has 0 aliphatic carbocycles. The van der Waals surface area contributed by atoms with Crippen LogP contribution in [0.1, 0.15) is 17.2 Å². The lowest BCUT2D eigenvalue weighted by Crippen LogP contribution is -2.07. The van der Waals surface area contributed by atoms with E-state index in [4.69, 9.17) is 10.8 Å². The van der Waals surface area contributed by atoms with Gasteiger partial charge in [-0.3, -0.25) is 0 Å². The summed E-state index contributed by atoms with van der Waals surface area (Å²) in [5.74, 6) is 0.129. The first-order valence-corrected chi connectivity index (χ1v) is 4.00. The van der Waals surface area contributed by atoms with Gasteiger partial charge in [0.2, 0.25) is 0 Å². The van der Waals surface area contributed by atoms with E-state index in [1.54, 1.807) is 12.1 Å². The van der Waals surface area contributed by atoms with E-state index < -0.39 is 6.04 Å². The van der Waals surface area contributed by atoms with Crippen LogP contribution in [-0.2, 0) is 6.61 Å². The molecule has 4 N–H and O–H groups in total. The summed E-state index contributed by atoms with van der Waals surface area (Å²) in [6, 6.07) is 4.44. The second-order valence-electron chi connectivity index (χ2n) is 2.81. The number of hydrogen-bond donors (Lipinski definition) is 3. The van der Waals surface area contributed by atoms with Gasteiger partial charge in [0.05, 0.1) is 12.6 Å². The molecule has 0 saturated heterocycles. The first-order chi connectivity index (χ1) is 6.19. The third kappa shape index (κ3) is 2.08. The molecule has 1 rings (SSSR count). The zero-order valence-corrected chi connectivity index (χ0v) is 7.27. The summed E-state index contributed by atoms with van der Waals surface area (Å²) >= 11 is 0. The zero-order chi connectivity index (χ0) is 9.84. The van der Waals surface area contributed by atoms with E-state index in [1.165, 1.54) is 12.1 Å². The molecule has 1 aromatic carbocycles. The lowest BCUT2D eigenvalue weighted by Gasteiger charge is -2.10. The van der Waals surface area contributed by atoms with Gasteiger partial charge >= 0.3 is 0 Å². The Morgan fingerprint density at radius 2 is 2.23 bits per heavy atom. The van der Waals surface area contributed by atoms with Crippen molar-refractivity contribution in [1.82, 2.24) is 0 Å². The molecule has 13 heavy (non-hydrogen) atoms. The van der Waals surface area contributed by atoms with E-state index in [2.05, 4.69) is 6.58 Å². The summed E-state index contributed by atoms with van der Waals surface area (Å²) in [7, 11) is 0. The molecule has 0 fully saturated rings. The second-order valence-corrected chi connectivity index (χ2v) is 2.81. The van der Waals surface area contributed by atoms with Crippen LogP contribution in [0.5, 0.6) is 5.75 Å². The maximum absolute atomic E-state index is 9.42. The quantitative estimate of drug-likeness (QED) is 0.608. The first kappa shape index (κ1) is 9.77. The van der Waals surface area contributed by atoms with Crippen LogP contribution >= 0.6 is 0 Å². The highest BCUT2D eigenvalue weighted by atomic mass is 16.3. The van der Waals surface area contributed by atoms with Gasteiger partial charge in [0.25, 0.3) is 0 Å². The van der Waals surface area contributed by atoms with E-state index in [9.17, 15) is 5.11 Å². The lowest BCUT2D eigenvalue weighted by atomic mass is 10.0. The number of hydrogen-bond acceptors (Lipinski definition) is 3. The van der Waals surface area contributed by atoms with Crippen molar-refractivity contribution < 1.29 is 10.2 Å². The highest BCUT2D eigenvalue weighted by Crippen LogP contribution is 2.24. The number of aliphatic hydroxyl groups is 1. The van der Waals surface area contributed by atoms with Crippen LogP contribution in [0.25, 0.3) is 0 Å². The summed E-state index contributed by atoms with van der Waals surface area (Å²) < 4.78 is 0. The molecular formula is C10H13NO2. The Labute approximate surface area is 77.1 Å². The molecule has 3 heteroatoms. The molecule has 70 valence electrons. The molecule has 0 heterocycles. The third-order valence-electron chi connectivity index (χ3n) is 1.89. The number of aliphatic hydroxyl groups excluding tert-OH is 1. The summed E-state index contributed by atoms with van der Waals surface area (Å²) in [4.78, 5) is 0. The van der Waals surface area contributed by atoms with Crippen molar-refractivity contribution >= 4 is 0 Å². The fraction of sp³-hybridized carbons (Fsp3) is 0.200. The Hall–Kier alpha value is -1.32. The SMILES string of the molecule is C=C[C@H](N)c1cc(CO)ccc1O. The van der Waals surface area contributed by atoms with Gasteiger partial charge < -0.3 is 15.9 Å². The standard InChI is InChI=1S/C10H13NO2/c1-2-9(11)8-5-7(6-12)3-4-10(8)13/h2-5,9,12-13H,1,6,11H2/t9-/m0/s1. The number of benzene rings is 1. The average molecular weight is 179 g/mol. The minimum absolute atomic E-state index is 0.0584. The molecule has 0 radical (unpaired) electrons. The molecular weight excluding hydrogens is 166 g/mol. The Bertz CT molecular complexity index is 310. The number of nitrogens with two attached hydrogens (primary N) is 1. The molecule has 0 amide bonds. The van der Waals surface area contributed by atoms with Crippen LogP contribution in [0.4, 0.5) is 0 Å². The maximum Gasteiger partial charge on any atom is 0.120 e. The van der Waals surface area contributed by atoms with Crippen LogP contribution in [0.3, 0.4) is 0 Å². The second kappa shape index (κ2) is 4.07. The molecule has 0 spiro atoms. The van der Waals surface area contributed by atoms with Crippen molar-refractivity contribution in [1.29, 1.82) is 0 Å². The van der Waals surface area contributed by atoms with Crippen LogP contribution in [0, 0.1) is 0 Å². The van der Waals surface area contributed by atoms with Crippen LogP contribution in [0.2, 0.25) is 0 Å².